The number of carboxylic acid groups (broad SMARTS) is 1. The van der Waals surface area contributed by atoms with Gasteiger partial charge in [0.15, 0.2) is 11.6 Å². The maximum absolute atomic E-state index is 14.1. The molecule has 1 aliphatic rings. The average Bonchev–Trinajstić information content (AvgIpc) is 3.31. The molecular formula is C24H26FN5O4. The van der Waals surface area contributed by atoms with Gasteiger partial charge in [0.1, 0.15) is 5.82 Å². The summed E-state index contributed by atoms with van der Waals surface area (Å²) in [4.78, 5) is 28.8. The van der Waals surface area contributed by atoms with Crippen molar-refractivity contribution in [3.05, 3.63) is 70.9 Å². The minimum atomic E-state index is -1.12. The Balaban J connectivity index is 1.41. The number of aliphatic carboxylic acids is 1. The molecule has 3 aromatic rings. The Morgan fingerprint density at radius 1 is 1.32 bits per heavy atom. The number of nitrogens with one attached hydrogen (secondary N) is 2. The number of rotatable bonds is 9. The molecule has 9 nitrogen and oxygen atoms in total. The van der Waals surface area contributed by atoms with Crippen LogP contribution in [0.25, 0.3) is 0 Å². The van der Waals surface area contributed by atoms with Gasteiger partial charge in [-0.15, -0.1) is 0 Å². The minimum absolute atomic E-state index is 0.0367. The van der Waals surface area contributed by atoms with Gasteiger partial charge < -0.3 is 20.5 Å². The number of halogens is 1. The summed E-state index contributed by atoms with van der Waals surface area (Å²) in [5.74, 6) is -1.28. The fraction of sp³-hybridized carbons (Fsp3) is 0.333. The third-order valence-corrected chi connectivity index (χ3v) is 5.71. The number of carbonyl (C=O) groups is 2. The molecule has 0 radical (unpaired) electrons. The van der Waals surface area contributed by atoms with Crippen LogP contribution in [0.4, 0.5) is 10.2 Å². The first-order valence-corrected chi connectivity index (χ1v) is 11.0. The fourth-order valence-corrected chi connectivity index (χ4v) is 3.91. The summed E-state index contributed by atoms with van der Waals surface area (Å²) in [5.41, 5.74) is 2.76. The number of hydrogen-bond acceptors (Lipinski definition) is 6. The number of pyridine rings is 1. The number of aryl methyl sites for hydroxylation is 3. The van der Waals surface area contributed by atoms with Crippen molar-refractivity contribution >= 4 is 17.7 Å². The van der Waals surface area contributed by atoms with E-state index < -0.39 is 30.2 Å². The molecule has 178 valence electrons. The van der Waals surface area contributed by atoms with Crippen molar-refractivity contribution in [2.45, 2.75) is 38.3 Å². The van der Waals surface area contributed by atoms with Gasteiger partial charge in [0.25, 0.3) is 5.91 Å². The maximum Gasteiger partial charge on any atom is 0.305 e. The summed E-state index contributed by atoms with van der Waals surface area (Å²) in [6.45, 7) is 1.45. The highest BCUT2D eigenvalue weighted by Gasteiger charge is 2.21. The van der Waals surface area contributed by atoms with Gasteiger partial charge in [-0.25, -0.2) is 9.37 Å². The van der Waals surface area contributed by atoms with Crippen molar-refractivity contribution < 1.29 is 23.8 Å². The van der Waals surface area contributed by atoms with E-state index >= 15 is 0 Å². The zero-order valence-electron chi connectivity index (χ0n) is 18.8. The number of methoxy groups -OCH3 is 1. The Hall–Kier alpha value is -3.95. The van der Waals surface area contributed by atoms with Gasteiger partial charge in [0.2, 0.25) is 0 Å². The van der Waals surface area contributed by atoms with E-state index in [2.05, 4.69) is 26.8 Å². The highest BCUT2D eigenvalue weighted by molar-refractivity contribution is 5.94. The van der Waals surface area contributed by atoms with Crippen LogP contribution >= 0.6 is 0 Å². The van der Waals surface area contributed by atoms with E-state index in [4.69, 9.17) is 4.74 Å². The number of hydrogen-bond donors (Lipinski definition) is 3. The molecule has 0 spiro atoms. The van der Waals surface area contributed by atoms with Gasteiger partial charge in [-0.3, -0.25) is 14.3 Å². The van der Waals surface area contributed by atoms with Crippen LogP contribution in [-0.2, 0) is 24.2 Å². The van der Waals surface area contributed by atoms with Crippen molar-refractivity contribution in [3.8, 4) is 5.75 Å². The van der Waals surface area contributed by atoms with Gasteiger partial charge in [0, 0.05) is 31.4 Å². The lowest BCUT2D eigenvalue weighted by Gasteiger charge is -2.18. The third-order valence-electron chi connectivity index (χ3n) is 5.71. The number of nitrogens with zero attached hydrogens (tertiary/aromatic N) is 3. The van der Waals surface area contributed by atoms with Crippen LogP contribution < -0.4 is 15.4 Å². The monoisotopic (exact) mass is 467 g/mol. The van der Waals surface area contributed by atoms with Crippen molar-refractivity contribution in [1.29, 1.82) is 0 Å². The quantitative estimate of drug-likeness (QED) is 0.443. The highest BCUT2D eigenvalue weighted by atomic mass is 19.1. The predicted molar refractivity (Wildman–Crippen MR) is 122 cm³/mol. The Labute approximate surface area is 196 Å². The van der Waals surface area contributed by atoms with Crippen molar-refractivity contribution in [3.63, 3.8) is 0 Å². The van der Waals surface area contributed by atoms with E-state index in [-0.39, 0.29) is 11.3 Å². The molecule has 3 heterocycles. The molecule has 0 aliphatic carbocycles. The number of fused-ring (bicyclic) bond motifs is 1. The van der Waals surface area contributed by atoms with Crippen LogP contribution in [0.5, 0.6) is 5.75 Å². The lowest BCUT2D eigenvalue weighted by molar-refractivity contribution is -0.137. The van der Waals surface area contributed by atoms with E-state index in [0.717, 1.165) is 37.0 Å². The van der Waals surface area contributed by atoms with Crippen LogP contribution in [0.3, 0.4) is 0 Å². The molecule has 0 saturated heterocycles. The molecule has 0 saturated carbocycles. The number of ether oxygens (including phenoxy) is 1. The number of carboxylic acids is 1. The van der Waals surface area contributed by atoms with Crippen LogP contribution in [0.15, 0.2) is 42.7 Å². The first kappa shape index (κ1) is 23.2. The number of benzene rings is 1. The summed E-state index contributed by atoms with van der Waals surface area (Å²) in [6.07, 6.45) is 5.39. The zero-order chi connectivity index (χ0) is 24.1. The summed E-state index contributed by atoms with van der Waals surface area (Å²) >= 11 is 0. The van der Waals surface area contributed by atoms with E-state index in [1.165, 1.54) is 31.0 Å². The first-order chi connectivity index (χ1) is 16.4. The second-order valence-corrected chi connectivity index (χ2v) is 8.10. The smallest absolute Gasteiger partial charge is 0.305 e. The predicted octanol–water partition coefficient (Wildman–Crippen LogP) is 2.97. The standard InChI is InChI=1S/C24H26FN5O4/c1-34-21-7-5-16(11-19(21)25)20(12-22(31)32)29-24(33)17-13-27-30(14-17)10-8-18-6-4-15-3-2-9-26-23(15)28-18/h4-7,11,13-14,20H,2-3,8-10,12H2,1H3,(H,26,28)(H,29,33)(H,31,32)/t20-/m0/s1. The average molecular weight is 468 g/mol. The summed E-state index contributed by atoms with van der Waals surface area (Å²) in [7, 11) is 1.34. The zero-order valence-corrected chi connectivity index (χ0v) is 18.8. The SMILES string of the molecule is COc1ccc([C@H](CC(=O)O)NC(=O)c2cnn(CCc3ccc4c(n3)NCCC4)c2)cc1F. The normalized spacial score (nSPS) is 13.5. The molecule has 1 atom stereocenters. The van der Waals surface area contributed by atoms with Gasteiger partial charge in [0.05, 0.1) is 31.3 Å². The second-order valence-electron chi connectivity index (χ2n) is 8.10. The van der Waals surface area contributed by atoms with Crippen molar-refractivity contribution in [2.75, 3.05) is 19.0 Å². The maximum atomic E-state index is 14.1. The minimum Gasteiger partial charge on any atom is -0.494 e. The molecular weight excluding hydrogens is 441 g/mol. The molecule has 1 aliphatic heterocycles. The number of carbonyl (C=O) groups excluding carboxylic acids is 1. The number of anilines is 1. The van der Waals surface area contributed by atoms with Crippen molar-refractivity contribution in [2.24, 2.45) is 0 Å². The van der Waals surface area contributed by atoms with Crippen molar-refractivity contribution in [1.82, 2.24) is 20.1 Å². The van der Waals surface area contributed by atoms with Crippen LogP contribution in [-0.4, -0.2) is 45.4 Å². The lowest BCUT2D eigenvalue weighted by Crippen LogP contribution is -2.30. The topological polar surface area (TPSA) is 118 Å². The fourth-order valence-electron chi connectivity index (χ4n) is 3.91. The molecule has 4 rings (SSSR count). The molecule has 3 N–H and O–H groups in total. The Kier molecular flexibility index (Phi) is 7.05. The Morgan fingerprint density at radius 3 is 2.94 bits per heavy atom. The van der Waals surface area contributed by atoms with E-state index in [1.807, 2.05) is 6.07 Å². The Bertz CT molecular complexity index is 1200. The van der Waals surface area contributed by atoms with E-state index in [9.17, 15) is 19.1 Å². The lowest BCUT2D eigenvalue weighted by atomic mass is 10.0. The number of amides is 1. The molecule has 1 amide bonds. The highest BCUT2D eigenvalue weighted by Crippen LogP contribution is 2.24. The molecule has 34 heavy (non-hydrogen) atoms. The molecule has 1 aromatic carbocycles. The van der Waals surface area contributed by atoms with Gasteiger partial charge in [-0.05, 0) is 42.2 Å². The number of aromatic nitrogens is 3. The van der Waals surface area contributed by atoms with Crippen LogP contribution in [0, 0.1) is 5.82 Å². The largest absolute Gasteiger partial charge is 0.494 e. The molecule has 0 fully saturated rings. The third kappa shape index (κ3) is 5.51. The summed E-state index contributed by atoms with van der Waals surface area (Å²) in [6, 6.07) is 7.27. The van der Waals surface area contributed by atoms with Gasteiger partial charge >= 0.3 is 5.97 Å². The molecule has 2 aromatic heterocycles. The summed E-state index contributed by atoms with van der Waals surface area (Å²) < 4.78 is 20.7. The van der Waals surface area contributed by atoms with Crippen LogP contribution in [0.2, 0.25) is 0 Å². The first-order valence-electron chi connectivity index (χ1n) is 11.0. The molecule has 0 bridgehead atoms. The Morgan fingerprint density at radius 2 is 2.18 bits per heavy atom. The van der Waals surface area contributed by atoms with E-state index in [0.29, 0.717) is 18.5 Å². The molecule has 0 unspecified atom stereocenters. The second kappa shape index (κ2) is 10.3. The van der Waals surface area contributed by atoms with Crippen LogP contribution in [0.1, 0.15) is 46.1 Å². The van der Waals surface area contributed by atoms with E-state index in [1.54, 1.807) is 10.9 Å². The summed E-state index contributed by atoms with van der Waals surface area (Å²) in [5, 5.41) is 19.5. The van der Waals surface area contributed by atoms with Gasteiger partial charge in [-0.1, -0.05) is 12.1 Å². The molecule has 10 heteroatoms. The van der Waals surface area contributed by atoms with Gasteiger partial charge in [-0.2, -0.15) is 5.10 Å².